The summed E-state index contributed by atoms with van der Waals surface area (Å²) in [4.78, 5) is 22.5. The number of hydrogen-bond acceptors (Lipinski definition) is 2. The summed E-state index contributed by atoms with van der Waals surface area (Å²) in [5.41, 5.74) is 0. The minimum absolute atomic E-state index is 0.133. The van der Waals surface area contributed by atoms with Crippen LogP contribution in [0, 0.1) is 0 Å². The SMILES string of the molecule is O=C(F)[C@H]1C[C@@H](F)CN1C(=O)CI. The Morgan fingerprint density at radius 3 is 2.62 bits per heavy atom. The Labute approximate surface area is 87.6 Å². The second kappa shape index (κ2) is 4.30. The summed E-state index contributed by atoms with van der Waals surface area (Å²) in [5.74, 6) is -0.392. The molecule has 0 N–H and O–H groups in total. The lowest BCUT2D eigenvalue weighted by atomic mass is 10.2. The Balaban J connectivity index is 2.71. The third kappa shape index (κ3) is 2.35. The molecule has 0 unspecified atom stereocenters. The van der Waals surface area contributed by atoms with E-state index < -0.39 is 24.2 Å². The van der Waals surface area contributed by atoms with Gasteiger partial charge in [0.2, 0.25) is 5.91 Å². The highest BCUT2D eigenvalue weighted by molar-refractivity contribution is 14.1. The van der Waals surface area contributed by atoms with Crippen LogP contribution in [0.4, 0.5) is 8.78 Å². The van der Waals surface area contributed by atoms with E-state index in [1.807, 2.05) is 0 Å². The zero-order valence-electron chi connectivity index (χ0n) is 6.67. The summed E-state index contributed by atoms with van der Waals surface area (Å²) in [6, 6.07) is -2.82. The van der Waals surface area contributed by atoms with E-state index in [2.05, 4.69) is 0 Å². The van der Waals surface area contributed by atoms with Crippen LogP contribution >= 0.6 is 22.6 Å². The van der Waals surface area contributed by atoms with Gasteiger partial charge in [-0.2, -0.15) is 4.39 Å². The molecule has 1 aliphatic heterocycles. The third-order valence-corrected chi connectivity index (χ3v) is 2.60. The van der Waals surface area contributed by atoms with Gasteiger partial charge in [0.05, 0.1) is 11.0 Å². The first-order valence-corrected chi connectivity index (χ1v) is 5.27. The molecule has 6 heteroatoms. The predicted octanol–water partition coefficient (Wildman–Crippen LogP) is 0.857. The first kappa shape index (κ1) is 10.8. The van der Waals surface area contributed by atoms with Crippen molar-refractivity contribution < 1.29 is 18.4 Å². The Morgan fingerprint density at radius 1 is 1.54 bits per heavy atom. The summed E-state index contributed by atoms with van der Waals surface area (Å²) in [6.07, 6.45) is -1.49. The summed E-state index contributed by atoms with van der Waals surface area (Å²) >= 11 is 1.80. The van der Waals surface area contributed by atoms with Gasteiger partial charge < -0.3 is 4.90 Å². The number of carbonyl (C=O) groups is 2. The largest absolute Gasteiger partial charge is 0.326 e. The maximum atomic E-state index is 12.8. The monoisotopic (exact) mass is 303 g/mol. The Kier molecular flexibility index (Phi) is 3.57. The van der Waals surface area contributed by atoms with Crippen molar-refractivity contribution in [2.24, 2.45) is 0 Å². The number of alkyl halides is 2. The predicted molar refractivity (Wildman–Crippen MR) is 50.0 cm³/mol. The van der Waals surface area contributed by atoms with Crippen LogP contribution in [0.5, 0.6) is 0 Å². The van der Waals surface area contributed by atoms with Crippen LogP contribution in [0.3, 0.4) is 0 Å². The molecule has 0 aliphatic carbocycles. The van der Waals surface area contributed by atoms with Gasteiger partial charge in [0, 0.05) is 6.42 Å². The molecule has 1 fully saturated rings. The summed E-state index contributed by atoms with van der Waals surface area (Å²) in [5, 5.41) is 0. The smallest absolute Gasteiger partial charge is 0.323 e. The first-order chi connectivity index (χ1) is 6.06. The van der Waals surface area contributed by atoms with Crippen LogP contribution in [-0.4, -0.2) is 40.0 Å². The van der Waals surface area contributed by atoms with Gasteiger partial charge in [-0.3, -0.25) is 9.59 Å². The maximum absolute atomic E-state index is 12.8. The van der Waals surface area contributed by atoms with Crippen LogP contribution < -0.4 is 0 Å². The van der Waals surface area contributed by atoms with Gasteiger partial charge >= 0.3 is 6.04 Å². The highest BCUT2D eigenvalue weighted by Crippen LogP contribution is 2.21. The second-order valence-corrected chi connectivity index (χ2v) is 3.60. The van der Waals surface area contributed by atoms with Gasteiger partial charge in [-0.25, -0.2) is 4.39 Å². The molecule has 2 atom stereocenters. The highest BCUT2D eigenvalue weighted by Gasteiger charge is 2.39. The minimum Gasteiger partial charge on any atom is -0.326 e. The van der Waals surface area contributed by atoms with E-state index in [1.165, 1.54) is 0 Å². The van der Waals surface area contributed by atoms with Gasteiger partial charge in [0.25, 0.3) is 0 Å². The topological polar surface area (TPSA) is 37.4 Å². The number of hydrogen-bond donors (Lipinski definition) is 0. The number of carbonyl (C=O) groups excluding carboxylic acids is 2. The van der Waals surface area contributed by atoms with Crippen molar-refractivity contribution in [3.63, 3.8) is 0 Å². The molecule has 0 aromatic heterocycles. The van der Waals surface area contributed by atoms with Crippen LogP contribution in [0.1, 0.15) is 6.42 Å². The molecule has 0 radical (unpaired) electrons. The average Bonchev–Trinajstić information content (AvgIpc) is 2.46. The molecule has 0 spiro atoms. The number of amides is 1. The molecule has 13 heavy (non-hydrogen) atoms. The first-order valence-electron chi connectivity index (χ1n) is 3.75. The third-order valence-electron chi connectivity index (χ3n) is 1.95. The van der Waals surface area contributed by atoms with Crippen molar-refractivity contribution >= 4 is 34.5 Å². The number of likely N-dealkylation sites (tertiary alicyclic amines) is 1. The van der Waals surface area contributed by atoms with Gasteiger partial charge in [-0.05, 0) is 0 Å². The maximum Gasteiger partial charge on any atom is 0.323 e. The van der Waals surface area contributed by atoms with E-state index in [4.69, 9.17) is 0 Å². The lowest BCUT2D eigenvalue weighted by molar-refractivity contribution is -0.141. The van der Waals surface area contributed by atoms with Crippen LogP contribution in [0.2, 0.25) is 0 Å². The van der Waals surface area contributed by atoms with Crippen LogP contribution in [0.15, 0.2) is 0 Å². The molecule has 74 valence electrons. The number of nitrogens with zero attached hydrogens (tertiary/aromatic N) is 1. The highest BCUT2D eigenvalue weighted by atomic mass is 127. The van der Waals surface area contributed by atoms with E-state index >= 15 is 0 Å². The average molecular weight is 303 g/mol. The normalized spacial score (nSPS) is 27.8. The van der Waals surface area contributed by atoms with E-state index in [9.17, 15) is 18.4 Å². The standard InChI is InChI=1S/C7H8F2INO2/c8-4-1-5(7(9)13)11(3-4)6(12)2-10/h4-5H,1-3H2/t4-,5-/m1/s1. The van der Waals surface area contributed by atoms with E-state index in [-0.39, 0.29) is 17.4 Å². The molecule has 0 aromatic rings. The van der Waals surface area contributed by atoms with Gasteiger partial charge in [-0.15, -0.1) is 0 Å². The van der Waals surface area contributed by atoms with Crippen LogP contribution in [0.25, 0.3) is 0 Å². The zero-order chi connectivity index (χ0) is 10.0. The van der Waals surface area contributed by atoms with Gasteiger partial charge in [0.15, 0.2) is 0 Å². The molecule has 1 heterocycles. The van der Waals surface area contributed by atoms with Crippen molar-refractivity contribution in [3.8, 4) is 0 Å². The fraction of sp³-hybridized carbons (Fsp3) is 0.714. The summed E-state index contributed by atoms with van der Waals surface area (Å²) in [6.45, 7) is -0.165. The summed E-state index contributed by atoms with van der Waals surface area (Å²) in [7, 11) is 0. The lowest BCUT2D eigenvalue weighted by Gasteiger charge is -2.19. The van der Waals surface area contributed by atoms with Crippen molar-refractivity contribution in [2.45, 2.75) is 18.6 Å². The van der Waals surface area contributed by atoms with Crippen molar-refractivity contribution in [1.29, 1.82) is 0 Å². The fourth-order valence-electron chi connectivity index (χ4n) is 1.35. The molecule has 1 aliphatic rings. The number of rotatable bonds is 2. The van der Waals surface area contributed by atoms with Crippen molar-refractivity contribution in [1.82, 2.24) is 4.90 Å². The van der Waals surface area contributed by atoms with Gasteiger partial charge in [0.1, 0.15) is 12.2 Å². The summed E-state index contributed by atoms with van der Waals surface area (Å²) < 4.78 is 25.2. The van der Waals surface area contributed by atoms with Gasteiger partial charge in [-0.1, -0.05) is 22.6 Å². The molecule has 1 amide bonds. The molecular weight excluding hydrogens is 295 g/mol. The van der Waals surface area contributed by atoms with E-state index in [0.717, 1.165) is 4.90 Å². The Morgan fingerprint density at radius 2 is 2.15 bits per heavy atom. The molecule has 1 saturated heterocycles. The Hall–Kier alpha value is -0.270. The molecule has 0 aromatic carbocycles. The fourth-order valence-corrected chi connectivity index (χ4v) is 1.79. The zero-order valence-corrected chi connectivity index (χ0v) is 8.83. The van der Waals surface area contributed by atoms with E-state index in [1.54, 1.807) is 22.6 Å². The second-order valence-electron chi connectivity index (χ2n) is 2.83. The number of halogens is 3. The molecule has 1 rings (SSSR count). The van der Waals surface area contributed by atoms with Crippen molar-refractivity contribution in [2.75, 3.05) is 11.0 Å². The van der Waals surface area contributed by atoms with Crippen molar-refractivity contribution in [3.05, 3.63) is 0 Å². The quantitative estimate of drug-likeness (QED) is 0.431. The Bertz CT molecular complexity index is 237. The van der Waals surface area contributed by atoms with E-state index in [0.29, 0.717) is 0 Å². The molecular formula is C7H8F2INO2. The molecule has 3 nitrogen and oxygen atoms in total. The minimum atomic E-state index is -1.63. The van der Waals surface area contributed by atoms with Crippen LogP contribution in [-0.2, 0) is 9.59 Å². The molecule has 0 saturated carbocycles. The molecule has 0 bridgehead atoms. The lowest BCUT2D eigenvalue weighted by Crippen LogP contribution is -2.39.